The summed E-state index contributed by atoms with van der Waals surface area (Å²) >= 11 is 0. The van der Waals surface area contributed by atoms with Gasteiger partial charge >= 0.3 is 0 Å². The van der Waals surface area contributed by atoms with Crippen LogP contribution < -0.4 is 15.4 Å². The van der Waals surface area contributed by atoms with Gasteiger partial charge < -0.3 is 10.6 Å². The average molecular weight is 449 g/mol. The van der Waals surface area contributed by atoms with Crippen LogP contribution in [0, 0.1) is 5.41 Å². The van der Waals surface area contributed by atoms with E-state index < -0.39 is 10.0 Å². The smallest absolute Gasteiger partial charge is 0.261 e. The van der Waals surface area contributed by atoms with E-state index in [0.717, 1.165) is 16.8 Å². The van der Waals surface area contributed by atoms with E-state index in [0.29, 0.717) is 37.1 Å². The van der Waals surface area contributed by atoms with Gasteiger partial charge in [0.25, 0.3) is 10.0 Å². The highest BCUT2D eigenvalue weighted by Crippen LogP contribution is 2.32. The Morgan fingerprint density at radius 2 is 1.75 bits per heavy atom. The van der Waals surface area contributed by atoms with Crippen LogP contribution in [-0.2, 0) is 27.7 Å². The number of benzene rings is 3. The molecule has 0 unspecified atom stereocenters. The number of aryl methyl sites for hydroxylation is 1. The van der Waals surface area contributed by atoms with E-state index in [1.807, 2.05) is 12.1 Å². The zero-order valence-corrected chi connectivity index (χ0v) is 18.2. The van der Waals surface area contributed by atoms with Crippen LogP contribution >= 0.6 is 0 Å². The van der Waals surface area contributed by atoms with Gasteiger partial charge in [-0.15, -0.1) is 0 Å². The molecule has 1 amide bonds. The van der Waals surface area contributed by atoms with Gasteiger partial charge in [0, 0.05) is 29.9 Å². The minimum absolute atomic E-state index is 0.0201. The third kappa shape index (κ3) is 4.65. The van der Waals surface area contributed by atoms with Crippen molar-refractivity contribution >= 4 is 33.1 Å². The quantitative estimate of drug-likeness (QED) is 0.380. The first-order valence-corrected chi connectivity index (χ1v) is 11.8. The van der Waals surface area contributed by atoms with Gasteiger partial charge in [-0.2, -0.15) is 0 Å². The summed E-state index contributed by atoms with van der Waals surface area (Å²) in [5.41, 5.74) is 9.38. The molecule has 1 heterocycles. The van der Waals surface area contributed by atoms with Gasteiger partial charge in [0.1, 0.15) is 5.84 Å². The number of nitrogens with zero attached hydrogens (tertiary/aromatic N) is 1. The monoisotopic (exact) mass is 448 g/mol. The van der Waals surface area contributed by atoms with Crippen molar-refractivity contribution in [3.05, 3.63) is 89.5 Å². The summed E-state index contributed by atoms with van der Waals surface area (Å²) in [6.45, 7) is 0.576. The molecule has 4 N–H and O–H groups in total. The lowest BCUT2D eigenvalue weighted by molar-refractivity contribution is -0.118. The minimum atomic E-state index is -3.66. The lowest BCUT2D eigenvalue weighted by Gasteiger charge is -2.18. The molecule has 0 aliphatic carbocycles. The van der Waals surface area contributed by atoms with Gasteiger partial charge in [-0.1, -0.05) is 42.5 Å². The predicted octanol–water partition coefficient (Wildman–Crippen LogP) is 3.29. The number of carbonyl (C=O) groups excluding carboxylic acids is 1. The molecule has 0 bridgehead atoms. The molecule has 3 aromatic rings. The Morgan fingerprint density at radius 1 is 1.03 bits per heavy atom. The molecule has 0 saturated carbocycles. The molecular weight excluding hydrogens is 424 g/mol. The summed E-state index contributed by atoms with van der Waals surface area (Å²) in [5.74, 6) is 0.0451. The molecule has 32 heavy (non-hydrogen) atoms. The summed E-state index contributed by atoms with van der Waals surface area (Å²) in [6, 6.07) is 20.8. The summed E-state index contributed by atoms with van der Waals surface area (Å²) in [4.78, 5) is 14.8. The van der Waals surface area contributed by atoms with E-state index in [2.05, 4.69) is 4.72 Å². The third-order valence-electron chi connectivity index (χ3n) is 5.47. The van der Waals surface area contributed by atoms with Crippen molar-refractivity contribution in [1.29, 1.82) is 5.41 Å². The van der Waals surface area contributed by atoms with Gasteiger partial charge in [-0.25, -0.2) is 8.42 Å². The van der Waals surface area contributed by atoms with Crippen molar-refractivity contribution in [2.45, 2.75) is 24.2 Å². The van der Waals surface area contributed by atoms with Crippen LogP contribution in [0.2, 0.25) is 0 Å². The molecule has 4 rings (SSSR count). The Kier molecular flexibility index (Phi) is 5.96. The summed E-state index contributed by atoms with van der Waals surface area (Å²) in [6.07, 6.45) is 1.63. The Balaban J connectivity index is 1.42. The maximum Gasteiger partial charge on any atom is 0.261 e. The molecule has 0 aromatic heterocycles. The molecule has 0 atom stereocenters. The summed E-state index contributed by atoms with van der Waals surface area (Å²) in [5, 5.41) is 7.44. The Labute approximate surface area is 187 Å². The SMILES string of the molecule is N=C(N)c1ccc(CCC(=O)N2CCc3cc(NS(=O)(=O)c4ccccc4)ccc32)cc1. The number of nitrogens with two attached hydrogens (primary N) is 1. The maximum absolute atomic E-state index is 12.8. The van der Waals surface area contributed by atoms with Crippen molar-refractivity contribution < 1.29 is 13.2 Å². The molecule has 0 fully saturated rings. The number of fused-ring (bicyclic) bond motifs is 1. The Morgan fingerprint density at radius 3 is 2.44 bits per heavy atom. The molecule has 7 nitrogen and oxygen atoms in total. The van der Waals surface area contributed by atoms with E-state index in [1.54, 1.807) is 65.6 Å². The highest BCUT2D eigenvalue weighted by molar-refractivity contribution is 7.92. The van der Waals surface area contributed by atoms with Gasteiger partial charge in [0.05, 0.1) is 4.90 Å². The maximum atomic E-state index is 12.8. The highest BCUT2D eigenvalue weighted by Gasteiger charge is 2.25. The van der Waals surface area contributed by atoms with Crippen molar-refractivity contribution in [2.75, 3.05) is 16.2 Å². The zero-order chi connectivity index (χ0) is 22.7. The van der Waals surface area contributed by atoms with Gasteiger partial charge in [-0.3, -0.25) is 14.9 Å². The standard InChI is InChI=1S/C24H24N4O3S/c25-24(26)18-9-6-17(7-10-18)8-13-23(29)28-15-14-19-16-20(11-12-22(19)28)27-32(30,31)21-4-2-1-3-5-21/h1-7,9-12,16,27H,8,13-15H2,(H3,25,26). The van der Waals surface area contributed by atoms with E-state index >= 15 is 0 Å². The number of amidine groups is 1. The molecule has 0 radical (unpaired) electrons. The summed E-state index contributed by atoms with van der Waals surface area (Å²) < 4.78 is 27.7. The lowest BCUT2D eigenvalue weighted by Crippen LogP contribution is -2.29. The number of rotatable bonds is 7. The van der Waals surface area contributed by atoms with Gasteiger partial charge in [-0.05, 0) is 54.3 Å². The van der Waals surface area contributed by atoms with Crippen LogP contribution in [0.15, 0.2) is 77.7 Å². The van der Waals surface area contributed by atoms with Gasteiger partial charge in [0.2, 0.25) is 5.91 Å². The molecule has 1 aliphatic heterocycles. The predicted molar refractivity (Wildman–Crippen MR) is 126 cm³/mol. The molecule has 164 valence electrons. The van der Waals surface area contributed by atoms with E-state index in [9.17, 15) is 13.2 Å². The fourth-order valence-electron chi connectivity index (χ4n) is 3.78. The van der Waals surface area contributed by atoms with Crippen LogP contribution in [0.4, 0.5) is 11.4 Å². The van der Waals surface area contributed by atoms with E-state index in [-0.39, 0.29) is 16.6 Å². The second-order valence-electron chi connectivity index (χ2n) is 7.67. The number of sulfonamides is 1. The van der Waals surface area contributed by atoms with Crippen molar-refractivity contribution in [3.8, 4) is 0 Å². The number of nitrogens with one attached hydrogen (secondary N) is 2. The number of hydrogen-bond acceptors (Lipinski definition) is 4. The molecule has 0 saturated heterocycles. The van der Waals surface area contributed by atoms with E-state index in [4.69, 9.17) is 11.1 Å². The fourth-order valence-corrected chi connectivity index (χ4v) is 4.85. The Bertz CT molecular complexity index is 1260. The largest absolute Gasteiger partial charge is 0.384 e. The second-order valence-corrected chi connectivity index (χ2v) is 9.35. The fraction of sp³-hybridized carbons (Fsp3) is 0.167. The number of anilines is 2. The van der Waals surface area contributed by atoms with Crippen molar-refractivity contribution in [1.82, 2.24) is 0 Å². The van der Waals surface area contributed by atoms with Gasteiger partial charge in [0.15, 0.2) is 0 Å². The first-order chi connectivity index (χ1) is 15.3. The second kappa shape index (κ2) is 8.84. The van der Waals surface area contributed by atoms with Crippen LogP contribution in [-0.4, -0.2) is 26.7 Å². The Hall–Kier alpha value is -3.65. The number of amides is 1. The summed E-state index contributed by atoms with van der Waals surface area (Å²) in [7, 11) is -3.66. The van der Waals surface area contributed by atoms with Crippen molar-refractivity contribution in [2.24, 2.45) is 5.73 Å². The molecule has 3 aromatic carbocycles. The van der Waals surface area contributed by atoms with E-state index in [1.165, 1.54) is 0 Å². The van der Waals surface area contributed by atoms with Crippen LogP contribution in [0.1, 0.15) is 23.1 Å². The number of carbonyl (C=O) groups is 1. The first-order valence-electron chi connectivity index (χ1n) is 10.3. The minimum Gasteiger partial charge on any atom is -0.384 e. The molecule has 1 aliphatic rings. The third-order valence-corrected chi connectivity index (χ3v) is 6.87. The number of hydrogen-bond donors (Lipinski definition) is 3. The topological polar surface area (TPSA) is 116 Å². The normalized spacial score (nSPS) is 12.9. The zero-order valence-electron chi connectivity index (χ0n) is 17.4. The number of nitrogen functional groups attached to an aromatic ring is 1. The average Bonchev–Trinajstić information content (AvgIpc) is 3.21. The first kappa shape index (κ1) is 21.6. The molecule has 8 heteroatoms. The molecular formula is C24H24N4O3S. The lowest BCUT2D eigenvalue weighted by atomic mass is 10.1. The van der Waals surface area contributed by atoms with Crippen LogP contribution in [0.5, 0.6) is 0 Å². The highest BCUT2D eigenvalue weighted by atomic mass is 32.2. The van der Waals surface area contributed by atoms with Crippen LogP contribution in [0.3, 0.4) is 0 Å². The van der Waals surface area contributed by atoms with Crippen LogP contribution in [0.25, 0.3) is 0 Å². The molecule has 0 spiro atoms. The van der Waals surface area contributed by atoms with Crippen molar-refractivity contribution in [3.63, 3.8) is 0 Å².